The number of carboxylic acid groups (broad SMARTS) is 1. The molecule has 0 aliphatic heterocycles. The van der Waals surface area contributed by atoms with Crippen molar-refractivity contribution in [2.45, 2.75) is 18.5 Å². The van der Waals surface area contributed by atoms with Gasteiger partial charge in [-0.25, -0.2) is 4.79 Å². The standard InChI is InChI=1S/C12H22N4O6S/c1-23-3-2-7(13)11(20)15-4-9(18)14-5-10(19)16-8(6-17)12(21)22/h7-8,17H,2-6,13H2,1H3,(H,14,18)(H,15,20)(H,16,19)(H,21,22). The average molecular weight is 350 g/mol. The summed E-state index contributed by atoms with van der Waals surface area (Å²) in [5.74, 6) is -2.54. The van der Waals surface area contributed by atoms with E-state index in [9.17, 15) is 19.2 Å². The number of hydrogen-bond acceptors (Lipinski definition) is 7. The van der Waals surface area contributed by atoms with Crippen LogP contribution in [0.4, 0.5) is 0 Å². The van der Waals surface area contributed by atoms with Crippen molar-refractivity contribution >= 4 is 35.5 Å². The van der Waals surface area contributed by atoms with Crippen LogP contribution in [0, 0.1) is 0 Å². The first-order valence-corrected chi connectivity index (χ1v) is 8.13. The molecule has 0 heterocycles. The van der Waals surface area contributed by atoms with Crippen LogP contribution in [0.2, 0.25) is 0 Å². The molecular weight excluding hydrogens is 328 g/mol. The number of nitrogens with one attached hydrogen (secondary N) is 3. The molecular formula is C12H22N4O6S. The van der Waals surface area contributed by atoms with E-state index in [4.69, 9.17) is 15.9 Å². The number of carbonyl (C=O) groups is 4. The third kappa shape index (κ3) is 9.71. The monoisotopic (exact) mass is 350 g/mol. The predicted molar refractivity (Wildman–Crippen MR) is 83.6 cm³/mol. The number of carbonyl (C=O) groups excluding carboxylic acids is 3. The third-order valence-electron chi connectivity index (χ3n) is 2.65. The van der Waals surface area contributed by atoms with Crippen molar-refractivity contribution in [3.05, 3.63) is 0 Å². The minimum absolute atomic E-state index is 0.346. The SMILES string of the molecule is CSCCC(N)C(=O)NCC(=O)NCC(=O)NC(CO)C(=O)O. The van der Waals surface area contributed by atoms with Gasteiger partial charge in [0.15, 0.2) is 0 Å². The third-order valence-corrected chi connectivity index (χ3v) is 3.30. The molecule has 132 valence electrons. The summed E-state index contributed by atoms with van der Waals surface area (Å²) in [6, 6.07) is -2.15. The summed E-state index contributed by atoms with van der Waals surface area (Å²) in [6.45, 7) is -1.59. The first kappa shape index (κ1) is 21.1. The number of aliphatic carboxylic acids is 1. The zero-order chi connectivity index (χ0) is 17.8. The summed E-state index contributed by atoms with van der Waals surface area (Å²) in [5.41, 5.74) is 5.61. The van der Waals surface area contributed by atoms with Gasteiger partial charge in [-0.2, -0.15) is 11.8 Å². The number of nitrogens with two attached hydrogens (primary N) is 1. The van der Waals surface area contributed by atoms with Crippen LogP contribution in [0.5, 0.6) is 0 Å². The zero-order valence-corrected chi connectivity index (χ0v) is 13.5. The molecule has 0 rings (SSSR count). The molecule has 2 unspecified atom stereocenters. The van der Waals surface area contributed by atoms with Gasteiger partial charge in [0.1, 0.15) is 6.04 Å². The number of aliphatic hydroxyl groups is 1. The lowest BCUT2D eigenvalue weighted by Gasteiger charge is -2.13. The quantitative estimate of drug-likeness (QED) is 0.227. The highest BCUT2D eigenvalue weighted by molar-refractivity contribution is 7.98. The lowest BCUT2D eigenvalue weighted by Crippen LogP contribution is -2.49. The Morgan fingerprint density at radius 3 is 2.26 bits per heavy atom. The highest BCUT2D eigenvalue weighted by Crippen LogP contribution is 1.98. The molecule has 0 saturated heterocycles. The summed E-state index contributed by atoms with van der Waals surface area (Å²) in [5, 5.41) is 23.9. The Hall–Kier alpha value is -1.85. The molecule has 0 saturated carbocycles. The zero-order valence-electron chi connectivity index (χ0n) is 12.7. The Kier molecular flexibility index (Phi) is 10.7. The van der Waals surface area contributed by atoms with Gasteiger partial charge in [0, 0.05) is 0 Å². The molecule has 11 heteroatoms. The van der Waals surface area contributed by atoms with Gasteiger partial charge in [-0.15, -0.1) is 0 Å². The van der Waals surface area contributed by atoms with Crippen LogP contribution >= 0.6 is 11.8 Å². The van der Waals surface area contributed by atoms with Crippen LogP contribution in [0.25, 0.3) is 0 Å². The summed E-state index contributed by atoms with van der Waals surface area (Å²) in [7, 11) is 0. The van der Waals surface area contributed by atoms with Crippen LogP contribution in [-0.2, 0) is 19.2 Å². The second kappa shape index (κ2) is 11.7. The summed E-state index contributed by atoms with van der Waals surface area (Å²) in [4.78, 5) is 45.0. The predicted octanol–water partition coefficient (Wildman–Crippen LogP) is -3.14. The van der Waals surface area contributed by atoms with Gasteiger partial charge in [0.05, 0.1) is 25.7 Å². The fourth-order valence-corrected chi connectivity index (χ4v) is 1.84. The van der Waals surface area contributed by atoms with Gasteiger partial charge in [0.2, 0.25) is 17.7 Å². The molecule has 7 N–H and O–H groups in total. The van der Waals surface area contributed by atoms with Crippen LogP contribution in [0.3, 0.4) is 0 Å². The molecule has 0 bridgehead atoms. The Morgan fingerprint density at radius 1 is 1.13 bits per heavy atom. The molecule has 0 aromatic rings. The van der Waals surface area contributed by atoms with Gasteiger partial charge < -0.3 is 31.9 Å². The molecule has 2 atom stereocenters. The number of carboxylic acids is 1. The topological polar surface area (TPSA) is 171 Å². The first-order valence-electron chi connectivity index (χ1n) is 6.73. The first-order chi connectivity index (χ1) is 10.8. The largest absolute Gasteiger partial charge is 0.480 e. The minimum Gasteiger partial charge on any atom is -0.480 e. The second-order valence-electron chi connectivity index (χ2n) is 4.52. The van der Waals surface area contributed by atoms with E-state index < -0.39 is 48.9 Å². The summed E-state index contributed by atoms with van der Waals surface area (Å²) < 4.78 is 0. The van der Waals surface area contributed by atoms with Crippen molar-refractivity contribution in [3.8, 4) is 0 Å². The van der Waals surface area contributed by atoms with E-state index in [1.54, 1.807) is 11.8 Å². The van der Waals surface area contributed by atoms with Gasteiger partial charge in [-0.05, 0) is 18.4 Å². The number of amides is 3. The fraction of sp³-hybridized carbons (Fsp3) is 0.667. The Balaban J connectivity index is 4.00. The van der Waals surface area contributed by atoms with E-state index in [0.29, 0.717) is 6.42 Å². The van der Waals surface area contributed by atoms with Gasteiger partial charge in [-0.1, -0.05) is 0 Å². The second-order valence-corrected chi connectivity index (χ2v) is 5.51. The van der Waals surface area contributed by atoms with E-state index in [2.05, 4.69) is 10.6 Å². The van der Waals surface area contributed by atoms with Crippen molar-refractivity contribution in [1.82, 2.24) is 16.0 Å². The smallest absolute Gasteiger partial charge is 0.328 e. The number of thioether (sulfide) groups is 1. The lowest BCUT2D eigenvalue weighted by atomic mass is 10.2. The number of rotatable bonds is 11. The fourth-order valence-electron chi connectivity index (χ4n) is 1.35. The Labute approximate surface area is 137 Å². The molecule has 0 spiro atoms. The number of aliphatic hydroxyl groups excluding tert-OH is 1. The van der Waals surface area contributed by atoms with E-state index in [1.807, 2.05) is 11.6 Å². The van der Waals surface area contributed by atoms with E-state index in [0.717, 1.165) is 5.75 Å². The molecule has 0 fully saturated rings. The molecule has 0 radical (unpaired) electrons. The molecule has 3 amide bonds. The Bertz CT molecular complexity index is 434. The molecule has 0 aliphatic carbocycles. The van der Waals surface area contributed by atoms with Crippen LogP contribution in [0.1, 0.15) is 6.42 Å². The normalized spacial score (nSPS) is 12.8. The van der Waals surface area contributed by atoms with E-state index in [-0.39, 0.29) is 6.54 Å². The van der Waals surface area contributed by atoms with Crippen LogP contribution in [0.15, 0.2) is 0 Å². The van der Waals surface area contributed by atoms with Gasteiger partial charge in [-0.3, -0.25) is 14.4 Å². The van der Waals surface area contributed by atoms with Crippen molar-refractivity contribution in [2.75, 3.05) is 31.7 Å². The van der Waals surface area contributed by atoms with E-state index in [1.165, 1.54) is 0 Å². The van der Waals surface area contributed by atoms with Crippen molar-refractivity contribution in [2.24, 2.45) is 5.73 Å². The van der Waals surface area contributed by atoms with Crippen LogP contribution in [-0.4, -0.2) is 77.7 Å². The number of hydrogen-bond donors (Lipinski definition) is 6. The van der Waals surface area contributed by atoms with Gasteiger partial charge >= 0.3 is 5.97 Å². The maximum atomic E-state index is 11.6. The van der Waals surface area contributed by atoms with E-state index >= 15 is 0 Å². The minimum atomic E-state index is -1.44. The Morgan fingerprint density at radius 2 is 1.74 bits per heavy atom. The highest BCUT2D eigenvalue weighted by atomic mass is 32.2. The molecule has 0 aliphatic rings. The van der Waals surface area contributed by atoms with Crippen molar-refractivity contribution in [3.63, 3.8) is 0 Å². The maximum absolute atomic E-state index is 11.6. The lowest BCUT2D eigenvalue weighted by molar-refractivity contribution is -0.142. The molecule has 23 heavy (non-hydrogen) atoms. The van der Waals surface area contributed by atoms with Gasteiger partial charge in [0.25, 0.3) is 0 Å². The summed E-state index contributed by atoms with van der Waals surface area (Å²) >= 11 is 1.55. The highest BCUT2D eigenvalue weighted by Gasteiger charge is 2.19. The molecule has 0 aromatic carbocycles. The maximum Gasteiger partial charge on any atom is 0.328 e. The average Bonchev–Trinajstić information content (AvgIpc) is 2.52. The summed E-state index contributed by atoms with van der Waals surface area (Å²) in [6.07, 6.45) is 2.36. The molecule has 10 nitrogen and oxygen atoms in total. The van der Waals surface area contributed by atoms with Crippen LogP contribution < -0.4 is 21.7 Å². The van der Waals surface area contributed by atoms with Crippen molar-refractivity contribution in [1.29, 1.82) is 0 Å². The van der Waals surface area contributed by atoms with Crippen molar-refractivity contribution < 1.29 is 29.4 Å². The molecule has 0 aromatic heterocycles.